The van der Waals surface area contributed by atoms with Crippen LogP contribution in [0.5, 0.6) is 11.5 Å². The molecular weight excluding hydrogens is 318 g/mol. The molecule has 0 atom stereocenters. The normalized spacial score (nSPS) is 11.6. The molecule has 0 aromatic heterocycles. The molecule has 0 aliphatic carbocycles. The van der Waals surface area contributed by atoms with Crippen molar-refractivity contribution >= 4 is 12.0 Å². The number of hydrogen-bond donors (Lipinski definition) is 3. The Morgan fingerprint density at radius 2 is 2.00 bits per heavy atom. The summed E-state index contributed by atoms with van der Waals surface area (Å²) in [5.74, 6) is 0.658. The molecule has 6 heteroatoms. The van der Waals surface area contributed by atoms with Crippen molar-refractivity contribution in [2.24, 2.45) is 5.41 Å². The minimum atomic E-state index is -0.0316. The lowest BCUT2D eigenvalue weighted by Crippen LogP contribution is -2.35. The van der Waals surface area contributed by atoms with E-state index in [0.717, 1.165) is 38.2 Å². The summed E-state index contributed by atoms with van der Waals surface area (Å²) in [6.07, 6.45) is 1.46. The fraction of sp³-hybridized carbons (Fsp3) is 0.632. The molecule has 0 saturated heterocycles. The molecule has 0 aliphatic heterocycles. The number of rotatable bonds is 11. The third kappa shape index (κ3) is 7.75. The Morgan fingerprint density at radius 3 is 2.60 bits per heavy atom. The lowest BCUT2D eigenvalue weighted by molar-refractivity contribution is -0.109. The number of likely N-dealkylation sites (N-methyl/N-ethyl adjacent to an activating group) is 1. The molecule has 0 aliphatic rings. The zero-order valence-electron chi connectivity index (χ0n) is 16.2. The second kappa shape index (κ2) is 10.3. The van der Waals surface area contributed by atoms with E-state index in [0.29, 0.717) is 23.1 Å². The van der Waals surface area contributed by atoms with Gasteiger partial charge in [-0.25, -0.2) is 0 Å². The van der Waals surface area contributed by atoms with E-state index in [2.05, 4.69) is 43.4 Å². The van der Waals surface area contributed by atoms with Gasteiger partial charge in [-0.15, -0.1) is 0 Å². The van der Waals surface area contributed by atoms with Crippen molar-refractivity contribution in [2.45, 2.75) is 27.2 Å². The maximum Gasteiger partial charge on any atom is 0.157 e. The number of phenolic OH excluding ortho intramolecular Hbond substituents is 1. The number of carbonyl (C=O) groups is 1. The number of benzene rings is 1. The number of aldehydes is 1. The number of ether oxygens (including phenoxy) is 1. The van der Waals surface area contributed by atoms with Gasteiger partial charge in [0, 0.05) is 26.7 Å². The van der Waals surface area contributed by atoms with Crippen molar-refractivity contribution < 1.29 is 14.6 Å². The predicted octanol–water partition coefficient (Wildman–Crippen LogP) is 2.12. The fourth-order valence-electron chi connectivity index (χ4n) is 2.84. The molecule has 0 saturated carbocycles. The molecule has 6 nitrogen and oxygen atoms in total. The lowest BCUT2D eigenvalue weighted by atomic mass is 9.96. The number of hydrogen-bond acceptors (Lipinski definition) is 6. The number of nitrogens with one attached hydrogen (secondary N) is 2. The topological polar surface area (TPSA) is 73.8 Å². The summed E-state index contributed by atoms with van der Waals surface area (Å²) in [5.41, 5.74) is 1.78. The molecule has 1 rings (SSSR count). The second-order valence-corrected chi connectivity index (χ2v) is 7.47. The first-order valence-corrected chi connectivity index (χ1v) is 8.76. The van der Waals surface area contributed by atoms with E-state index in [-0.39, 0.29) is 12.4 Å². The van der Waals surface area contributed by atoms with E-state index >= 15 is 0 Å². The van der Waals surface area contributed by atoms with Crippen LogP contribution in [-0.2, 0) is 11.2 Å². The van der Waals surface area contributed by atoms with E-state index in [1.54, 1.807) is 13.1 Å². The highest BCUT2D eigenvalue weighted by Gasteiger charge is 2.14. The summed E-state index contributed by atoms with van der Waals surface area (Å²) in [4.78, 5) is 12.9. The molecule has 0 fully saturated rings. The molecule has 0 heterocycles. The monoisotopic (exact) mass is 351 g/mol. The van der Waals surface area contributed by atoms with Gasteiger partial charge in [0.2, 0.25) is 0 Å². The van der Waals surface area contributed by atoms with Crippen LogP contribution in [0.25, 0.3) is 0 Å². The van der Waals surface area contributed by atoms with Gasteiger partial charge >= 0.3 is 0 Å². The maximum absolute atomic E-state index is 10.6. The first-order chi connectivity index (χ1) is 11.8. The van der Waals surface area contributed by atoms with Crippen LogP contribution in [0.1, 0.15) is 26.3 Å². The SMILES string of the molecule is CNc1c(O)ccc(CCNCCN(C)CC(C)(C)C)c1OCC=O. The highest BCUT2D eigenvalue weighted by atomic mass is 16.5. The standard InChI is InChI=1S/C19H33N3O3/c1-19(2,3)14-22(5)11-10-21-9-8-15-6-7-16(24)17(20-4)18(15)25-13-12-23/h6-7,12,20-21,24H,8-11,13-14H2,1-5H3. The van der Waals surface area contributed by atoms with Crippen molar-refractivity contribution in [3.8, 4) is 11.5 Å². The Kier molecular flexibility index (Phi) is 8.72. The van der Waals surface area contributed by atoms with Gasteiger partial charge in [-0.05, 0) is 37.1 Å². The van der Waals surface area contributed by atoms with Crippen LogP contribution in [0, 0.1) is 5.41 Å². The molecule has 0 amide bonds. The highest BCUT2D eigenvalue weighted by molar-refractivity contribution is 5.69. The van der Waals surface area contributed by atoms with E-state index in [1.165, 1.54) is 0 Å². The van der Waals surface area contributed by atoms with Crippen molar-refractivity contribution in [1.29, 1.82) is 0 Å². The lowest BCUT2D eigenvalue weighted by Gasteiger charge is -2.26. The van der Waals surface area contributed by atoms with Crippen molar-refractivity contribution in [1.82, 2.24) is 10.2 Å². The first kappa shape index (κ1) is 21.3. The molecule has 25 heavy (non-hydrogen) atoms. The Hall–Kier alpha value is -1.79. The van der Waals surface area contributed by atoms with Crippen LogP contribution < -0.4 is 15.4 Å². The number of carbonyl (C=O) groups excluding carboxylic acids is 1. The van der Waals surface area contributed by atoms with Gasteiger partial charge in [0.05, 0.1) is 0 Å². The van der Waals surface area contributed by atoms with Crippen LogP contribution in [0.4, 0.5) is 5.69 Å². The molecule has 142 valence electrons. The third-order valence-electron chi connectivity index (χ3n) is 3.75. The van der Waals surface area contributed by atoms with Gasteiger partial charge in [-0.1, -0.05) is 26.8 Å². The average Bonchev–Trinajstić information content (AvgIpc) is 2.52. The Balaban J connectivity index is 2.52. The van der Waals surface area contributed by atoms with Crippen LogP contribution in [0.3, 0.4) is 0 Å². The Bertz CT molecular complexity index is 541. The zero-order valence-corrected chi connectivity index (χ0v) is 16.2. The van der Waals surface area contributed by atoms with Gasteiger partial charge in [-0.3, -0.25) is 4.79 Å². The number of phenols is 1. The van der Waals surface area contributed by atoms with Crippen molar-refractivity contribution in [3.05, 3.63) is 17.7 Å². The van der Waals surface area contributed by atoms with Gasteiger partial charge in [0.1, 0.15) is 23.8 Å². The molecule has 0 unspecified atom stereocenters. The summed E-state index contributed by atoms with van der Waals surface area (Å²) in [5, 5.41) is 16.3. The van der Waals surface area contributed by atoms with E-state index < -0.39 is 0 Å². The smallest absolute Gasteiger partial charge is 0.157 e. The highest BCUT2D eigenvalue weighted by Crippen LogP contribution is 2.36. The molecule has 0 spiro atoms. The zero-order chi connectivity index (χ0) is 18.9. The molecule has 0 radical (unpaired) electrons. The van der Waals surface area contributed by atoms with Gasteiger partial charge in [0.15, 0.2) is 6.29 Å². The third-order valence-corrected chi connectivity index (χ3v) is 3.75. The summed E-state index contributed by atoms with van der Waals surface area (Å²) in [6, 6.07) is 3.48. The quantitative estimate of drug-likeness (QED) is 0.322. The van der Waals surface area contributed by atoms with Crippen LogP contribution in [-0.4, -0.2) is 63.2 Å². The Morgan fingerprint density at radius 1 is 1.28 bits per heavy atom. The molecule has 1 aromatic rings. The average molecular weight is 351 g/mol. The second-order valence-electron chi connectivity index (χ2n) is 7.47. The summed E-state index contributed by atoms with van der Waals surface area (Å²) >= 11 is 0. The van der Waals surface area contributed by atoms with E-state index in [9.17, 15) is 9.90 Å². The summed E-state index contributed by atoms with van der Waals surface area (Å²) < 4.78 is 5.51. The summed E-state index contributed by atoms with van der Waals surface area (Å²) in [6.45, 7) is 10.4. The van der Waals surface area contributed by atoms with Crippen molar-refractivity contribution in [3.63, 3.8) is 0 Å². The molecule has 1 aromatic carbocycles. The fourth-order valence-corrected chi connectivity index (χ4v) is 2.84. The largest absolute Gasteiger partial charge is 0.506 e. The van der Waals surface area contributed by atoms with Gasteiger partial charge in [0.25, 0.3) is 0 Å². The minimum absolute atomic E-state index is 0.0316. The predicted molar refractivity (Wildman–Crippen MR) is 103 cm³/mol. The van der Waals surface area contributed by atoms with Gasteiger partial charge in [-0.2, -0.15) is 0 Å². The van der Waals surface area contributed by atoms with Crippen LogP contribution in [0.15, 0.2) is 12.1 Å². The van der Waals surface area contributed by atoms with E-state index in [4.69, 9.17) is 4.74 Å². The number of nitrogens with zero attached hydrogens (tertiary/aromatic N) is 1. The maximum atomic E-state index is 10.6. The molecule has 3 N–H and O–H groups in total. The molecule has 0 bridgehead atoms. The van der Waals surface area contributed by atoms with Crippen LogP contribution in [0.2, 0.25) is 0 Å². The van der Waals surface area contributed by atoms with Crippen LogP contribution >= 0.6 is 0 Å². The van der Waals surface area contributed by atoms with E-state index in [1.807, 2.05) is 6.07 Å². The van der Waals surface area contributed by atoms with Gasteiger partial charge < -0.3 is 25.4 Å². The molecular formula is C19H33N3O3. The first-order valence-electron chi connectivity index (χ1n) is 8.76. The Labute approximate surface area is 151 Å². The minimum Gasteiger partial charge on any atom is -0.506 e. The number of aromatic hydroxyl groups is 1. The van der Waals surface area contributed by atoms with Crippen molar-refractivity contribution in [2.75, 3.05) is 52.2 Å². The number of anilines is 1. The summed E-state index contributed by atoms with van der Waals surface area (Å²) in [7, 11) is 3.85.